The number of benzene rings is 1. The van der Waals surface area contributed by atoms with Gasteiger partial charge < -0.3 is 25.4 Å². The molecule has 7 nitrogen and oxygen atoms in total. The minimum atomic E-state index is -0.341. The van der Waals surface area contributed by atoms with Crippen molar-refractivity contribution in [3.8, 4) is 11.5 Å². The second-order valence-electron chi connectivity index (χ2n) is 7.64. The first-order valence-electron chi connectivity index (χ1n) is 9.30. The van der Waals surface area contributed by atoms with Crippen molar-refractivity contribution >= 4 is 35.6 Å². The van der Waals surface area contributed by atoms with Crippen LogP contribution in [0, 0.1) is 11.8 Å². The van der Waals surface area contributed by atoms with Crippen molar-refractivity contribution in [1.29, 1.82) is 0 Å². The molecule has 2 fully saturated rings. The summed E-state index contributed by atoms with van der Waals surface area (Å²) in [5.41, 5.74) is 6.92. The number of nitrogens with zero attached hydrogens (tertiary/aromatic N) is 1. The fourth-order valence-electron chi connectivity index (χ4n) is 4.12. The number of likely N-dealkylation sites (tertiary alicyclic amines) is 1. The number of hydrogen-bond donors (Lipinski definition) is 2. The predicted molar refractivity (Wildman–Crippen MR) is 104 cm³/mol. The van der Waals surface area contributed by atoms with Gasteiger partial charge in [-0.25, -0.2) is 0 Å². The molecule has 0 radical (unpaired) electrons. The summed E-state index contributed by atoms with van der Waals surface area (Å²) in [5, 5.41) is 2.85. The normalized spacial score (nSPS) is 26.6. The number of carbonyl (C=O) groups excluding carboxylic acids is 2. The molecule has 1 aromatic rings. The first-order chi connectivity index (χ1) is 12.5. The number of nitrogens with one attached hydrogen (secondary N) is 1. The molecule has 1 aliphatic carbocycles. The molecule has 0 bridgehead atoms. The summed E-state index contributed by atoms with van der Waals surface area (Å²) >= 11 is 0. The van der Waals surface area contributed by atoms with E-state index in [1.807, 2.05) is 4.90 Å². The van der Waals surface area contributed by atoms with E-state index in [2.05, 4.69) is 12.2 Å². The van der Waals surface area contributed by atoms with Crippen LogP contribution >= 0.6 is 12.4 Å². The van der Waals surface area contributed by atoms with Crippen LogP contribution in [0.25, 0.3) is 0 Å². The number of rotatable bonds is 3. The molecule has 0 spiro atoms. The maximum absolute atomic E-state index is 12.7. The second-order valence-corrected chi connectivity index (χ2v) is 7.64. The molecule has 1 saturated carbocycles. The maximum atomic E-state index is 12.7. The summed E-state index contributed by atoms with van der Waals surface area (Å²) in [4.78, 5) is 27.0. The van der Waals surface area contributed by atoms with Crippen molar-refractivity contribution in [2.45, 2.75) is 45.1 Å². The Morgan fingerprint density at radius 3 is 2.56 bits per heavy atom. The lowest BCUT2D eigenvalue weighted by atomic mass is 9.87. The van der Waals surface area contributed by atoms with Crippen molar-refractivity contribution in [1.82, 2.24) is 4.90 Å². The van der Waals surface area contributed by atoms with Crippen molar-refractivity contribution in [2.75, 3.05) is 24.4 Å². The minimum Gasteiger partial charge on any atom is -0.454 e. The van der Waals surface area contributed by atoms with Gasteiger partial charge in [0.1, 0.15) is 0 Å². The smallest absolute Gasteiger partial charge is 0.231 e. The maximum Gasteiger partial charge on any atom is 0.231 e. The lowest BCUT2D eigenvalue weighted by molar-refractivity contribution is -0.130. The number of ether oxygens (including phenoxy) is 2. The van der Waals surface area contributed by atoms with E-state index in [0.29, 0.717) is 29.4 Å². The average Bonchev–Trinajstić information content (AvgIpc) is 3.22. The summed E-state index contributed by atoms with van der Waals surface area (Å²) in [6.07, 6.45) is 4.65. The molecule has 1 saturated heterocycles. The average molecular weight is 396 g/mol. The van der Waals surface area contributed by atoms with Gasteiger partial charge in [-0.15, -0.1) is 12.4 Å². The lowest BCUT2D eigenvalue weighted by Gasteiger charge is -2.33. The van der Waals surface area contributed by atoms with E-state index in [0.717, 1.165) is 31.6 Å². The molecule has 3 N–H and O–H groups in total. The van der Waals surface area contributed by atoms with Crippen LogP contribution in [0.15, 0.2) is 12.1 Å². The number of amides is 2. The Labute approximate surface area is 165 Å². The van der Waals surface area contributed by atoms with Gasteiger partial charge in [-0.2, -0.15) is 0 Å². The molecule has 2 heterocycles. The third-order valence-electron chi connectivity index (χ3n) is 5.76. The summed E-state index contributed by atoms with van der Waals surface area (Å²) in [5.74, 6) is 1.45. The lowest BCUT2D eigenvalue weighted by Crippen LogP contribution is -2.39. The fourth-order valence-corrected chi connectivity index (χ4v) is 4.12. The molecule has 27 heavy (non-hydrogen) atoms. The van der Waals surface area contributed by atoms with E-state index in [1.165, 1.54) is 0 Å². The molecule has 4 rings (SSSR count). The quantitative estimate of drug-likeness (QED) is 0.767. The second kappa shape index (κ2) is 7.84. The first-order valence-corrected chi connectivity index (χ1v) is 9.30. The monoisotopic (exact) mass is 395 g/mol. The highest BCUT2D eigenvalue weighted by Crippen LogP contribution is 2.39. The Morgan fingerprint density at radius 1 is 1.19 bits per heavy atom. The van der Waals surface area contributed by atoms with Crippen LogP contribution in [0.2, 0.25) is 0 Å². The summed E-state index contributed by atoms with van der Waals surface area (Å²) in [7, 11) is 0. The molecule has 3 aliphatic rings. The third-order valence-corrected chi connectivity index (χ3v) is 5.76. The van der Waals surface area contributed by atoms with Gasteiger partial charge >= 0.3 is 0 Å². The highest BCUT2D eigenvalue weighted by molar-refractivity contribution is 5.99. The molecule has 0 aromatic heterocycles. The number of anilines is 2. The highest BCUT2D eigenvalue weighted by atomic mass is 35.5. The Hall–Kier alpha value is -2.15. The zero-order valence-corrected chi connectivity index (χ0v) is 16.2. The number of carbonyl (C=O) groups is 2. The van der Waals surface area contributed by atoms with Gasteiger partial charge in [-0.05, 0) is 31.6 Å². The SMILES string of the molecule is CC1CCC(N2CC(C(=O)Nc3cc4c(cc3N)OCO4)CC2=O)CC1.Cl. The van der Waals surface area contributed by atoms with E-state index in [9.17, 15) is 9.59 Å². The van der Waals surface area contributed by atoms with Crippen LogP contribution in [0.5, 0.6) is 11.5 Å². The summed E-state index contributed by atoms with van der Waals surface area (Å²) < 4.78 is 10.6. The third kappa shape index (κ3) is 3.93. The molecule has 2 amide bonds. The number of nitrogen functional groups attached to an aromatic ring is 1. The molecule has 2 aliphatic heterocycles. The minimum absolute atomic E-state index is 0. The van der Waals surface area contributed by atoms with Crippen molar-refractivity contribution in [3.05, 3.63) is 12.1 Å². The molecular formula is C19H26ClN3O4. The van der Waals surface area contributed by atoms with Gasteiger partial charge in [0.05, 0.1) is 17.3 Å². The van der Waals surface area contributed by atoms with Gasteiger partial charge in [-0.1, -0.05) is 6.92 Å². The largest absolute Gasteiger partial charge is 0.454 e. The molecule has 1 unspecified atom stereocenters. The Morgan fingerprint density at radius 2 is 1.85 bits per heavy atom. The Kier molecular flexibility index (Phi) is 5.69. The molecule has 1 atom stereocenters. The number of fused-ring (bicyclic) bond motifs is 1. The Bertz CT molecular complexity index is 734. The molecular weight excluding hydrogens is 370 g/mol. The van der Waals surface area contributed by atoms with E-state index in [-0.39, 0.29) is 49.4 Å². The van der Waals surface area contributed by atoms with Crippen molar-refractivity contribution < 1.29 is 19.1 Å². The molecule has 1 aromatic carbocycles. The van der Waals surface area contributed by atoms with Crippen LogP contribution in [-0.2, 0) is 9.59 Å². The first kappa shape index (κ1) is 19.6. The van der Waals surface area contributed by atoms with Gasteiger partial charge in [0, 0.05) is 31.1 Å². The predicted octanol–water partition coefficient (Wildman–Crippen LogP) is 2.79. The van der Waals surface area contributed by atoms with E-state index in [1.54, 1.807) is 12.1 Å². The zero-order valence-electron chi connectivity index (χ0n) is 15.4. The van der Waals surface area contributed by atoms with Gasteiger partial charge in [0.25, 0.3) is 0 Å². The molecule has 148 valence electrons. The fraction of sp³-hybridized carbons (Fsp3) is 0.579. The number of hydrogen-bond acceptors (Lipinski definition) is 5. The van der Waals surface area contributed by atoms with Crippen LogP contribution in [0.3, 0.4) is 0 Å². The number of halogens is 1. The standard InChI is InChI=1S/C19H25N3O4.ClH/c1-11-2-4-13(5-3-11)22-9-12(6-18(22)23)19(24)21-15-8-17-16(7-14(15)20)25-10-26-17;/h7-8,11-13H,2-6,9-10,20H2,1H3,(H,21,24);1H. The molecule has 8 heteroatoms. The van der Waals surface area contributed by atoms with E-state index >= 15 is 0 Å². The van der Waals surface area contributed by atoms with Gasteiger partial charge in [0.15, 0.2) is 11.5 Å². The summed E-state index contributed by atoms with van der Waals surface area (Å²) in [6, 6.07) is 3.60. The van der Waals surface area contributed by atoms with Crippen molar-refractivity contribution in [3.63, 3.8) is 0 Å². The Balaban J connectivity index is 0.00000210. The highest BCUT2D eigenvalue weighted by Gasteiger charge is 2.38. The van der Waals surface area contributed by atoms with Gasteiger partial charge in [-0.3, -0.25) is 9.59 Å². The zero-order chi connectivity index (χ0) is 18.3. The number of nitrogens with two attached hydrogens (primary N) is 1. The van der Waals surface area contributed by atoms with Gasteiger partial charge in [0.2, 0.25) is 18.6 Å². The van der Waals surface area contributed by atoms with E-state index in [4.69, 9.17) is 15.2 Å². The van der Waals surface area contributed by atoms with Crippen LogP contribution in [-0.4, -0.2) is 36.1 Å². The van der Waals surface area contributed by atoms with E-state index < -0.39 is 0 Å². The van der Waals surface area contributed by atoms with Crippen LogP contribution in [0.1, 0.15) is 39.0 Å². The van der Waals surface area contributed by atoms with Crippen LogP contribution < -0.4 is 20.5 Å². The van der Waals surface area contributed by atoms with Crippen molar-refractivity contribution in [2.24, 2.45) is 11.8 Å². The summed E-state index contributed by atoms with van der Waals surface area (Å²) in [6.45, 7) is 2.90. The van der Waals surface area contributed by atoms with Crippen LogP contribution in [0.4, 0.5) is 11.4 Å². The topological polar surface area (TPSA) is 93.9 Å².